The molecule has 0 spiro atoms. The summed E-state index contributed by atoms with van der Waals surface area (Å²) >= 11 is 1.30. The van der Waals surface area contributed by atoms with Gasteiger partial charge in [0.2, 0.25) is 0 Å². The number of halogens is 3. The van der Waals surface area contributed by atoms with Crippen LogP contribution in [-0.4, -0.2) is 23.7 Å². The van der Waals surface area contributed by atoms with Crippen molar-refractivity contribution in [2.24, 2.45) is 0 Å². The van der Waals surface area contributed by atoms with E-state index in [0.29, 0.717) is 23.7 Å². The number of hydrogen-bond acceptors (Lipinski definition) is 4. The number of nitrogens with zero attached hydrogens (tertiary/aromatic N) is 1. The van der Waals surface area contributed by atoms with Crippen molar-refractivity contribution in [1.29, 1.82) is 0 Å². The topological polar surface area (TPSA) is 39.2 Å². The second-order valence-corrected chi connectivity index (χ2v) is 5.90. The van der Waals surface area contributed by atoms with Gasteiger partial charge < -0.3 is 4.74 Å². The lowest BCUT2D eigenvalue weighted by molar-refractivity contribution is -0.145. The van der Waals surface area contributed by atoms with Crippen LogP contribution in [-0.2, 0) is 22.4 Å². The molecule has 0 saturated heterocycles. The van der Waals surface area contributed by atoms with Gasteiger partial charge in [0.05, 0.1) is 17.3 Å². The lowest BCUT2D eigenvalue weighted by atomic mass is 9.91. The third-order valence-electron chi connectivity index (χ3n) is 3.19. The third-order valence-corrected chi connectivity index (χ3v) is 4.38. The largest absolute Gasteiger partial charge is 0.465 e. The van der Waals surface area contributed by atoms with Crippen LogP contribution in [0.15, 0.2) is 0 Å². The van der Waals surface area contributed by atoms with Crippen LogP contribution < -0.4 is 0 Å². The Hall–Kier alpha value is -1.11. The van der Waals surface area contributed by atoms with E-state index >= 15 is 0 Å². The first-order valence-electron chi connectivity index (χ1n) is 6.62. The molecular weight excluding hydrogens is 291 g/mol. The first kappa shape index (κ1) is 15.3. The molecular formula is C13H16F3NO2S. The lowest BCUT2D eigenvalue weighted by Gasteiger charge is -2.19. The number of fused-ring (bicyclic) bond motifs is 1. The van der Waals surface area contributed by atoms with Gasteiger partial charge in [-0.05, 0) is 26.2 Å². The molecule has 1 heterocycles. The zero-order chi connectivity index (χ0) is 14.8. The van der Waals surface area contributed by atoms with E-state index in [1.165, 1.54) is 11.3 Å². The van der Waals surface area contributed by atoms with E-state index in [2.05, 4.69) is 4.98 Å². The first-order valence-corrected chi connectivity index (χ1v) is 7.44. The number of alkyl halides is 3. The highest BCUT2D eigenvalue weighted by molar-refractivity contribution is 7.11. The number of aryl methyl sites for hydroxylation is 2. The fourth-order valence-electron chi connectivity index (χ4n) is 2.30. The number of thiazole rings is 1. The third kappa shape index (κ3) is 3.71. The zero-order valence-electron chi connectivity index (χ0n) is 11.1. The molecule has 7 heteroatoms. The second-order valence-electron chi connectivity index (χ2n) is 4.73. The fourth-order valence-corrected chi connectivity index (χ4v) is 3.47. The van der Waals surface area contributed by atoms with Crippen LogP contribution in [0.3, 0.4) is 0 Å². The second kappa shape index (κ2) is 6.11. The molecule has 1 aliphatic carbocycles. The summed E-state index contributed by atoms with van der Waals surface area (Å²) in [4.78, 5) is 17.0. The molecule has 0 aliphatic heterocycles. The van der Waals surface area contributed by atoms with Crippen LogP contribution in [0.5, 0.6) is 0 Å². The first-order chi connectivity index (χ1) is 9.40. The quantitative estimate of drug-likeness (QED) is 0.798. The van der Waals surface area contributed by atoms with Crippen molar-refractivity contribution in [1.82, 2.24) is 4.98 Å². The Bertz CT molecular complexity index is 484. The molecule has 2 rings (SSSR count). The Labute approximate surface area is 119 Å². The average molecular weight is 307 g/mol. The molecule has 1 aromatic rings. The molecule has 3 nitrogen and oxygen atoms in total. The van der Waals surface area contributed by atoms with Gasteiger partial charge in [0.25, 0.3) is 0 Å². The van der Waals surface area contributed by atoms with Gasteiger partial charge in [0, 0.05) is 17.7 Å². The van der Waals surface area contributed by atoms with Gasteiger partial charge in [-0.1, -0.05) is 0 Å². The Morgan fingerprint density at radius 2 is 2.25 bits per heavy atom. The summed E-state index contributed by atoms with van der Waals surface area (Å²) in [6, 6.07) is 0. The summed E-state index contributed by atoms with van der Waals surface area (Å²) in [5.74, 6) is -0.726. The minimum Gasteiger partial charge on any atom is -0.465 e. The van der Waals surface area contributed by atoms with Crippen molar-refractivity contribution < 1.29 is 22.7 Å². The molecule has 1 aliphatic rings. The van der Waals surface area contributed by atoms with Gasteiger partial charge in [0.15, 0.2) is 0 Å². The monoisotopic (exact) mass is 307 g/mol. The van der Waals surface area contributed by atoms with Crippen LogP contribution in [0.2, 0.25) is 0 Å². The van der Waals surface area contributed by atoms with E-state index in [1.54, 1.807) is 6.92 Å². The normalized spacial score (nSPS) is 18.7. The zero-order valence-corrected chi connectivity index (χ0v) is 11.9. The summed E-state index contributed by atoms with van der Waals surface area (Å²) < 4.78 is 41.7. The van der Waals surface area contributed by atoms with Crippen LogP contribution >= 0.6 is 11.3 Å². The Balaban J connectivity index is 2.12. The van der Waals surface area contributed by atoms with Crippen molar-refractivity contribution in [3.05, 3.63) is 15.6 Å². The van der Waals surface area contributed by atoms with Gasteiger partial charge in [-0.3, -0.25) is 4.79 Å². The molecule has 20 heavy (non-hydrogen) atoms. The minimum atomic E-state index is -4.17. The van der Waals surface area contributed by atoms with E-state index in [1.807, 2.05) is 0 Å². The van der Waals surface area contributed by atoms with Crippen LogP contribution in [0, 0.1) is 0 Å². The maximum atomic E-state index is 12.2. The summed E-state index contributed by atoms with van der Waals surface area (Å²) in [6.07, 6.45) is -2.87. The number of ether oxygens (including phenoxy) is 1. The van der Waals surface area contributed by atoms with E-state index in [0.717, 1.165) is 17.7 Å². The number of aromatic nitrogens is 1. The molecule has 1 unspecified atom stereocenters. The summed E-state index contributed by atoms with van der Waals surface area (Å²) in [5, 5.41) is 0.462. The smallest absolute Gasteiger partial charge is 0.389 e. The van der Waals surface area contributed by atoms with E-state index in [4.69, 9.17) is 4.74 Å². The van der Waals surface area contributed by atoms with Crippen molar-refractivity contribution in [3.63, 3.8) is 0 Å². The Morgan fingerprint density at radius 1 is 1.50 bits per heavy atom. The van der Waals surface area contributed by atoms with Crippen LogP contribution in [0.4, 0.5) is 13.2 Å². The summed E-state index contributed by atoms with van der Waals surface area (Å²) in [6.45, 7) is 2.03. The molecule has 0 radical (unpaired) electrons. The van der Waals surface area contributed by atoms with E-state index in [9.17, 15) is 18.0 Å². The SMILES string of the molecule is CCOC(=O)C1CCCc2sc(CCC(F)(F)F)nc21. The maximum absolute atomic E-state index is 12.2. The van der Waals surface area contributed by atoms with Crippen LogP contribution in [0.1, 0.15) is 47.7 Å². The lowest BCUT2D eigenvalue weighted by Crippen LogP contribution is -2.20. The number of carbonyl (C=O) groups is 1. The van der Waals surface area contributed by atoms with Crippen molar-refractivity contribution in [2.45, 2.75) is 51.1 Å². The Morgan fingerprint density at radius 3 is 2.90 bits per heavy atom. The Kier molecular flexibility index (Phi) is 4.67. The standard InChI is InChI=1S/C13H16F3NO2S/c1-2-19-12(18)8-4-3-5-9-11(8)17-10(20-9)6-7-13(14,15)16/h8H,2-7H2,1H3. The highest BCUT2D eigenvalue weighted by Crippen LogP contribution is 2.36. The number of hydrogen-bond donors (Lipinski definition) is 0. The average Bonchev–Trinajstić information content (AvgIpc) is 2.78. The molecule has 0 amide bonds. The molecule has 0 saturated carbocycles. The highest BCUT2D eigenvalue weighted by Gasteiger charge is 2.32. The minimum absolute atomic E-state index is 0.114. The van der Waals surface area contributed by atoms with Crippen molar-refractivity contribution >= 4 is 17.3 Å². The van der Waals surface area contributed by atoms with Crippen molar-refractivity contribution in [2.75, 3.05) is 6.61 Å². The van der Waals surface area contributed by atoms with E-state index < -0.39 is 18.5 Å². The highest BCUT2D eigenvalue weighted by atomic mass is 32.1. The molecule has 1 atom stereocenters. The molecule has 0 bridgehead atoms. The molecule has 0 fully saturated rings. The molecule has 1 aromatic heterocycles. The summed E-state index contributed by atoms with van der Waals surface area (Å²) in [5.41, 5.74) is 0.636. The summed E-state index contributed by atoms with van der Waals surface area (Å²) in [7, 11) is 0. The van der Waals surface area contributed by atoms with E-state index in [-0.39, 0.29) is 12.4 Å². The predicted octanol–water partition coefficient (Wildman–Crippen LogP) is 3.62. The number of rotatable bonds is 4. The van der Waals surface area contributed by atoms with Gasteiger partial charge in [-0.25, -0.2) is 4.98 Å². The molecule has 0 aromatic carbocycles. The molecule has 112 valence electrons. The number of esters is 1. The predicted molar refractivity (Wildman–Crippen MR) is 68.8 cm³/mol. The van der Waals surface area contributed by atoms with Gasteiger partial charge in [-0.15, -0.1) is 11.3 Å². The maximum Gasteiger partial charge on any atom is 0.389 e. The van der Waals surface area contributed by atoms with Crippen LogP contribution in [0.25, 0.3) is 0 Å². The van der Waals surface area contributed by atoms with Gasteiger partial charge in [-0.2, -0.15) is 13.2 Å². The molecule has 0 N–H and O–H groups in total. The van der Waals surface area contributed by atoms with Gasteiger partial charge in [0.1, 0.15) is 5.92 Å². The van der Waals surface area contributed by atoms with Crippen molar-refractivity contribution in [3.8, 4) is 0 Å². The fraction of sp³-hybridized carbons (Fsp3) is 0.692. The number of carbonyl (C=O) groups excluding carboxylic acids is 1. The van der Waals surface area contributed by atoms with Gasteiger partial charge >= 0.3 is 12.1 Å².